The van der Waals surface area contributed by atoms with Crippen LogP contribution in [0.2, 0.25) is 0 Å². The van der Waals surface area contributed by atoms with Crippen molar-refractivity contribution in [3.05, 3.63) is 25.3 Å². The molecule has 0 rings (SSSR count). The highest BCUT2D eigenvalue weighted by atomic mass is 31.2. The SMILES string of the molecule is C=CCOP(=O)(O)O.C=CCOP(=O)(O)O. The Morgan fingerprint density at radius 3 is 1.19 bits per heavy atom. The van der Waals surface area contributed by atoms with E-state index in [1.807, 2.05) is 0 Å². The van der Waals surface area contributed by atoms with Crippen LogP contribution < -0.4 is 0 Å². The summed E-state index contributed by atoms with van der Waals surface area (Å²) in [5, 5.41) is 0. The summed E-state index contributed by atoms with van der Waals surface area (Å²) in [6.45, 7) is 6.15. The number of hydrogen-bond acceptors (Lipinski definition) is 4. The fourth-order valence-electron chi connectivity index (χ4n) is 0.300. The van der Waals surface area contributed by atoms with E-state index in [1.165, 1.54) is 12.2 Å². The van der Waals surface area contributed by atoms with E-state index in [1.54, 1.807) is 0 Å². The Morgan fingerprint density at radius 1 is 0.875 bits per heavy atom. The van der Waals surface area contributed by atoms with Gasteiger partial charge in [0.15, 0.2) is 0 Å². The van der Waals surface area contributed by atoms with Crippen LogP contribution in [0.1, 0.15) is 0 Å². The minimum absolute atomic E-state index is 0.121. The second-order valence-electron chi connectivity index (χ2n) is 2.15. The molecule has 0 saturated heterocycles. The molecule has 0 aromatic rings. The molecule has 0 aliphatic rings. The van der Waals surface area contributed by atoms with Gasteiger partial charge in [-0.2, -0.15) is 0 Å². The predicted octanol–water partition coefficient (Wildman–Crippen LogP) is 0.563. The van der Waals surface area contributed by atoms with E-state index in [-0.39, 0.29) is 13.2 Å². The highest BCUT2D eigenvalue weighted by Crippen LogP contribution is 2.35. The van der Waals surface area contributed by atoms with Crippen LogP contribution in [0.25, 0.3) is 0 Å². The molecule has 0 spiro atoms. The highest BCUT2D eigenvalue weighted by Gasteiger charge is 2.11. The fourth-order valence-corrected chi connectivity index (χ4v) is 0.899. The maximum absolute atomic E-state index is 9.81. The van der Waals surface area contributed by atoms with Crippen LogP contribution >= 0.6 is 15.6 Å². The lowest BCUT2D eigenvalue weighted by atomic mass is 10.7. The van der Waals surface area contributed by atoms with Gasteiger partial charge >= 0.3 is 15.6 Å². The van der Waals surface area contributed by atoms with Gasteiger partial charge in [-0.05, 0) is 0 Å². The van der Waals surface area contributed by atoms with E-state index >= 15 is 0 Å². The van der Waals surface area contributed by atoms with E-state index in [4.69, 9.17) is 19.6 Å². The lowest BCUT2D eigenvalue weighted by Crippen LogP contribution is -1.86. The molecule has 0 aliphatic heterocycles. The third kappa shape index (κ3) is 23.5. The fraction of sp³-hybridized carbons (Fsp3) is 0.333. The largest absolute Gasteiger partial charge is 0.469 e. The summed E-state index contributed by atoms with van der Waals surface area (Å²) in [4.78, 5) is 32.0. The van der Waals surface area contributed by atoms with Crippen LogP contribution in [-0.4, -0.2) is 32.8 Å². The number of phosphoric ester groups is 2. The van der Waals surface area contributed by atoms with Crippen molar-refractivity contribution in [3.8, 4) is 0 Å². The van der Waals surface area contributed by atoms with Gasteiger partial charge in [-0.3, -0.25) is 9.05 Å². The Morgan fingerprint density at radius 2 is 1.12 bits per heavy atom. The average Bonchev–Trinajstić information content (AvgIpc) is 2.10. The summed E-state index contributed by atoms with van der Waals surface area (Å²) in [5.74, 6) is 0. The molecule has 16 heavy (non-hydrogen) atoms. The van der Waals surface area contributed by atoms with Crippen LogP contribution in [0, 0.1) is 0 Å². The van der Waals surface area contributed by atoms with E-state index < -0.39 is 15.6 Å². The van der Waals surface area contributed by atoms with Crippen molar-refractivity contribution in [2.75, 3.05) is 13.2 Å². The molecule has 0 aromatic heterocycles. The molecular formula is C6H14O8P2. The van der Waals surface area contributed by atoms with E-state index in [9.17, 15) is 9.13 Å². The predicted molar refractivity (Wildman–Crippen MR) is 56.4 cm³/mol. The molecule has 0 fully saturated rings. The third-order valence-corrected chi connectivity index (χ3v) is 1.69. The maximum Gasteiger partial charge on any atom is 0.469 e. The van der Waals surface area contributed by atoms with Gasteiger partial charge in [0.2, 0.25) is 0 Å². The quantitative estimate of drug-likeness (QED) is 0.408. The smallest absolute Gasteiger partial charge is 0.303 e. The lowest BCUT2D eigenvalue weighted by molar-refractivity contribution is 0.214. The Kier molecular flexibility index (Phi) is 9.95. The van der Waals surface area contributed by atoms with Crippen molar-refractivity contribution in [2.24, 2.45) is 0 Å². The number of rotatable bonds is 6. The average molecular weight is 276 g/mol. The van der Waals surface area contributed by atoms with Gasteiger partial charge in [0.05, 0.1) is 13.2 Å². The van der Waals surface area contributed by atoms with Crippen molar-refractivity contribution < 1.29 is 37.8 Å². The second-order valence-corrected chi connectivity index (χ2v) is 4.63. The first-order valence-electron chi connectivity index (χ1n) is 3.74. The summed E-state index contributed by atoms with van der Waals surface area (Å²) in [7, 11) is -8.51. The molecule has 0 aromatic carbocycles. The molecule has 4 N–H and O–H groups in total. The first kappa shape index (κ1) is 18.1. The van der Waals surface area contributed by atoms with E-state index in [0.717, 1.165) is 0 Å². The van der Waals surface area contributed by atoms with Gasteiger partial charge in [0.25, 0.3) is 0 Å². The highest BCUT2D eigenvalue weighted by molar-refractivity contribution is 7.46. The van der Waals surface area contributed by atoms with Gasteiger partial charge in [0, 0.05) is 0 Å². The Balaban J connectivity index is 0. The van der Waals surface area contributed by atoms with Gasteiger partial charge < -0.3 is 19.6 Å². The summed E-state index contributed by atoms with van der Waals surface area (Å²) in [6, 6.07) is 0. The van der Waals surface area contributed by atoms with Crippen molar-refractivity contribution in [1.29, 1.82) is 0 Å². The second kappa shape index (κ2) is 8.81. The van der Waals surface area contributed by atoms with E-state index in [2.05, 4.69) is 22.2 Å². The molecule has 0 bridgehead atoms. The van der Waals surface area contributed by atoms with Gasteiger partial charge in [0.1, 0.15) is 0 Å². The number of phosphoric acid groups is 2. The van der Waals surface area contributed by atoms with Crippen LogP contribution in [0.3, 0.4) is 0 Å². The molecule has 10 heteroatoms. The molecule has 0 amide bonds. The summed E-state index contributed by atoms with van der Waals surface area (Å²) < 4.78 is 27.5. The topological polar surface area (TPSA) is 134 Å². The molecule has 0 saturated carbocycles. The van der Waals surface area contributed by atoms with Gasteiger partial charge in [-0.15, -0.1) is 13.2 Å². The summed E-state index contributed by atoms with van der Waals surface area (Å²) in [5.41, 5.74) is 0. The van der Waals surface area contributed by atoms with E-state index in [0.29, 0.717) is 0 Å². The molecule has 0 heterocycles. The van der Waals surface area contributed by atoms with Crippen LogP contribution in [-0.2, 0) is 18.2 Å². The van der Waals surface area contributed by atoms with Crippen molar-refractivity contribution >= 4 is 15.6 Å². The molecule has 96 valence electrons. The monoisotopic (exact) mass is 276 g/mol. The van der Waals surface area contributed by atoms with Crippen molar-refractivity contribution in [2.45, 2.75) is 0 Å². The summed E-state index contributed by atoms with van der Waals surface area (Å²) >= 11 is 0. The zero-order valence-corrected chi connectivity index (χ0v) is 10.1. The van der Waals surface area contributed by atoms with Crippen LogP contribution in [0.5, 0.6) is 0 Å². The van der Waals surface area contributed by atoms with Gasteiger partial charge in [-0.25, -0.2) is 9.13 Å². The zero-order valence-electron chi connectivity index (χ0n) is 8.30. The first-order chi connectivity index (χ1) is 7.12. The molecule has 0 atom stereocenters. The van der Waals surface area contributed by atoms with Crippen LogP contribution in [0.15, 0.2) is 25.3 Å². The molecule has 8 nitrogen and oxygen atoms in total. The molecule has 0 radical (unpaired) electrons. The Hall–Kier alpha value is -0.300. The zero-order chi connectivity index (χ0) is 13.2. The maximum atomic E-state index is 9.81. The third-order valence-electron chi connectivity index (χ3n) is 0.721. The Bertz CT molecular complexity index is 259. The van der Waals surface area contributed by atoms with Crippen molar-refractivity contribution in [1.82, 2.24) is 0 Å². The summed E-state index contributed by atoms with van der Waals surface area (Å²) in [6.07, 6.45) is 2.53. The Labute approximate surface area is 92.7 Å². The molecular weight excluding hydrogens is 262 g/mol. The minimum Gasteiger partial charge on any atom is -0.303 e. The lowest BCUT2D eigenvalue weighted by Gasteiger charge is -1.98. The van der Waals surface area contributed by atoms with Gasteiger partial charge in [-0.1, -0.05) is 12.2 Å². The van der Waals surface area contributed by atoms with Crippen LogP contribution in [0.4, 0.5) is 0 Å². The van der Waals surface area contributed by atoms with Crippen molar-refractivity contribution in [3.63, 3.8) is 0 Å². The molecule has 0 unspecified atom stereocenters. The molecule has 0 aliphatic carbocycles. The number of hydrogen-bond donors (Lipinski definition) is 4. The first-order valence-corrected chi connectivity index (χ1v) is 6.80. The standard InChI is InChI=1S/2C3H7O4P/c2*1-2-3-7-8(4,5)6/h2*2H,1,3H2,(H2,4,5,6). The normalized spacial score (nSPS) is 11.2. The minimum atomic E-state index is -4.25.